The van der Waals surface area contributed by atoms with Gasteiger partial charge in [0.1, 0.15) is 5.24 Å². The maximum Gasteiger partial charge on any atom is 0.210 e. The Morgan fingerprint density at radius 2 is 1.10 bits per heavy atom. The van der Waals surface area contributed by atoms with Gasteiger partial charge in [-0.15, -0.1) is 12.2 Å². The van der Waals surface area contributed by atoms with Crippen LogP contribution in [0.4, 0.5) is 0 Å². The van der Waals surface area contributed by atoms with Gasteiger partial charge >= 0.3 is 0 Å². The Morgan fingerprint density at radius 1 is 0.810 bits per heavy atom. The lowest BCUT2D eigenvalue weighted by Crippen LogP contribution is -2.06. The van der Waals surface area contributed by atoms with Gasteiger partial charge in [-0.05, 0) is 13.8 Å². The van der Waals surface area contributed by atoms with Crippen LogP contribution in [-0.4, -0.2) is 11.0 Å². The topological polar surface area (TPSA) is 34.1 Å². The van der Waals surface area contributed by atoms with E-state index in [9.17, 15) is 9.59 Å². The lowest BCUT2D eigenvalue weighted by molar-refractivity contribution is 0.105. The molecule has 2 nitrogen and oxygen atoms in total. The Labute approximate surface area is 134 Å². The van der Waals surface area contributed by atoms with Gasteiger partial charge in [-0.25, -0.2) is 0 Å². The SMILES string of the molecule is Cc1ccc(C(=O)P(=S)(S)C(=O)c2ccc(C)cc2)cc1. The molecule has 0 atom stereocenters. The molecule has 0 fully saturated rings. The van der Waals surface area contributed by atoms with Crippen LogP contribution in [0.5, 0.6) is 0 Å². The average Bonchev–Trinajstić information content (AvgIpc) is 2.47. The van der Waals surface area contributed by atoms with E-state index in [-0.39, 0.29) is 11.0 Å². The fourth-order valence-corrected chi connectivity index (χ4v) is 4.34. The lowest BCUT2D eigenvalue weighted by atomic mass is 10.2. The first kappa shape index (κ1) is 16.2. The van der Waals surface area contributed by atoms with Crippen molar-refractivity contribution >= 4 is 40.3 Å². The summed E-state index contributed by atoms with van der Waals surface area (Å²) in [6.07, 6.45) is 0. The molecule has 108 valence electrons. The number of rotatable bonds is 4. The minimum absolute atomic E-state index is 0.355. The van der Waals surface area contributed by atoms with Gasteiger partial charge < -0.3 is 0 Å². The molecular formula is C16H15O2PS2. The van der Waals surface area contributed by atoms with Crippen molar-refractivity contribution in [3.05, 3.63) is 70.8 Å². The molecule has 2 aromatic carbocycles. The van der Waals surface area contributed by atoms with Gasteiger partial charge in [0.25, 0.3) is 0 Å². The van der Waals surface area contributed by atoms with Crippen LogP contribution >= 0.6 is 17.5 Å². The summed E-state index contributed by atoms with van der Waals surface area (Å²) in [6.45, 7) is 3.87. The van der Waals surface area contributed by atoms with Crippen LogP contribution in [0.3, 0.4) is 0 Å². The predicted molar refractivity (Wildman–Crippen MR) is 94.3 cm³/mol. The fourth-order valence-electron chi connectivity index (χ4n) is 1.83. The van der Waals surface area contributed by atoms with Gasteiger partial charge in [0, 0.05) is 11.1 Å². The van der Waals surface area contributed by atoms with Gasteiger partial charge in [0.2, 0.25) is 11.0 Å². The zero-order valence-electron chi connectivity index (χ0n) is 11.7. The highest BCUT2D eigenvalue weighted by atomic mass is 32.9. The molecule has 2 rings (SSSR count). The molecule has 21 heavy (non-hydrogen) atoms. The molecule has 0 aromatic heterocycles. The van der Waals surface area contributed by atoms with Crippen molar-refractivity contribution in [1.82, 2.24) is 0 Å². The second-order valence-electron chi connectivity index (χ2n) is 4.92. The second-order valence-corrected chi connectivity index (χ2v) is 11.1. The standard InChI is InChI=1S/C16H15O2PS2/c1-11-3-7-13(8-4-11)15(17)19(20,21)16(18)14-9-5-12(2)6-10-14/h3-10H,1-2H3,(H,20,21). The number of thiol groups is 1. The molecule has 0 aliphatic heterocycles. The van der Waals surface area contributed by atoms with Crippen molar-refractivity contribution < 1.29 is 9.59 Å². The number of aryl methyl sites for hydroxylation is 2. The quantitative estimate of drug-likeness (QED) is 0.655. The molecule has 0 unspecified atom stereocenters. The molecule has 0 amide bonds. The van der Waals surface area contributed by atoms with Crippen molar-refractivity contribution in [2.45, 2.75) is 13.8 Å². The normalized spacial score (nSPS) is 11.2. The average molecular weight is 334 g/mol. The molecule has 2 aromatic rings. The first-order chi connectivity index (χ1) is 9.82. The van der Waals surface area contributed by atoms with E-state index in [1.807, 2.05) is 38.1 Å². The summed E-state index contributed by atoms with van der Waals surface area (Å²) in [5.74, 6) is 0. The van der Waals surface area contributed by atoms with E-state index < -0.39 is 5.24 Å². The molecule has 0 spiro atoms. The monoisotopic (exact) mass is 334 g/mol. The molecule has 0 radical (unpaired) electrons. The van der Waals surface area contributed by atoms with Gasteiger partial charge in [-0.3, -0.25) is 9.59 Å². The van der Waals surface area contributed by atoms with E-state index in [0.717, 1.165) is 11.1 Å². The predicted octanol–water partition coefficient (Wildman–Crippen LogP) is 4.61. The largest absolute Gasteiger partial charge is 0.287 e. The van der Waals surface area contributed by atoms with Crippen molar-refractivity contribution in [2.75, 3.05) is 0 Å². The fraction of sp³-hybridized carbons (Fsp3) is 0.125. The highest BCUT2D eigenvalue weighted by Crippen LogP contribution is 2.56. The van der Waals surface area contributed by atoms with Crippen LogP contribution in [0.15, 0.2) is 48.5 Å². The molecular weight excluding hydrogens is 319 g/mol. The summed E-state index contributed by atoms with van der Waals surface area (Å²) in [6, 6.07) is 14.1. The van der Waals surface area contributed by atoms with Crippen molar-refractivity contribution in [3.8, 4) is 0 Å². The maximum atomic E-state index is 12.5. The maximum absolute atomic E-state index is 12.5. The van der Waals surface area contributed by atoms with E-state index in [2.05, 4.69) is 12.2 Å². The zero-order chi connectivity index (χ0) is 15.6. The van der Waals surface area contributed by atoms with Crippen molar-refractivity contribution in [2.24, 2.45) is 0 Å². The van der Waals surface area contributed by atoms with Crippen LogP contribution in [0.1, 0.15) is 31.8 Å². The summed E-state index contributed by atoms with van der Waals surface area (Å²) < 4.78 is 0. The molecule has 0 aliphatic carbocycles. The molecule has 0 N–H and O–H groups in total. The Kier molecular flexibility index (Phi) is 4.82. The summed E-state index contributed by atoms with van der Waals surface area (Å²) in [5.41, 5.74) is 2.27. The van der Waals surface area contributed by atoms with Gasteiger partial charge in [0.15, 0.2) is 0 Å². The Hall–Kier alpha value is -1.22. The highest BCUT2D eigenvalue weighted by Gasteiger charge is 2.32. The van der Waals surface area contributed by atoms with Crippen LogP contribution in [0.2, 0.25) is 0 Å². The smallest absolute Gasteiger partial charge is 0.210 e. The zero-order valence-corrected chi connectivity index (χ0v) is 14.3. The lowest BCUT2D eigenvalue weighted by Gasteiger charge is -2.13. The van der Waals surface area contributed by atoms with E-state index in [1.165, 1.54) is 0 Å². The minimum Gasteiger partial charge on any atom is -0.287 e. The van der Waals surface area contributed by atoms with Crippen LogP contribution in [0, 0.1) is 13.8 Å². The highest BCUT2D eigenvalue weighted by molar-refractivity contribution is 8.74. The van der Waals surface area contributed by atoms with E-state index in [0.29, 0.717) is 11.1 Å². The molecule has 0 bridgehead atoms. The van der Waals surface area contributed by atoms with Crippen LogP contribution in [0.25, 0.3) is 0 Å². The van der Waals surface area contributed by atoms with E-state index in [4.69, 9.17) is 11.8 Å². The summed E-state index contributed by atoms with van der Waals surface area (Å²) in [5, 5.41) is -3.10. The number of carbonyl (C=O) groups is 2. The third-order valence-corrected chi connectivity index (χ3v) is 6.85. The van der Waals surface area contributed by atoms with Gasteiger partial charge in [0.05, 0.1) is 0 Å². The number of carbonyl (C=O) groups excluding carboxylic acids is 2. The first-order valence-corrected chi connectivity index (χ1v) is 10.3. The molecule has 0 saturated carbocycles. The summed E-state index contributed by atoms with van der Waals surface area (Å²) in [4.78, 5) is 25.0. The second kappa shape index (κ2) is 6.27. The Bertz CT molecular complexity index is 672. The van der Waals surface area contributed by atoms with Gasteiger partial charge in [-0.1, -0.05) is 71.5 Å². The third-order valence-electron chi connectivity index (χ3n) is 3.15. The van der Waals surface area contributed by atoms with E-state index in [1.54, 1.807) is 24.3 Å². The molecule has 0 heterocycles. The number of hydrogen-bond acceptors (Lipinski definition) is 3. The van der Waals surface area contributed by atoms with Gasteiger partial charge in [-0.2, -0.15) is 0 Å². The third kappa shape index (κ3) is 3.52. The minimum atomic E-state index is -3.10. The molecule has 5 heteroatoms. The van der Waals surface area contributed by atoms with E-state index >= 15 is 0 Å². The first-order valence-electron chi connectivity index (χ1n) is 6.38. The number of benzene rings is 2. The molecule has 0 saturated heterocycles. The number of hydrogen-bond donors (Lipinski definition) is 1. The van der Waals surface area contributed by atoms with Crippen molar-refractivity contribution in [1.29, 1.82) is 0 Å². The summed E-state index contributed by atoms with van der Waals surface area (Å²) in [7, 11) is 0. The molecule has 0 aliphatic rings. The van der Waals surface area contributed by atoms with Crippen LogP contribution in [-0.2, 0) is 11.8 Å². The van der Waals surface area contributed by atoms with Crippen LogP contribution < -0.4 is 0 Å². The Balaban J connectivity index is 2.34. The van der Waals surface area contributed by atoms with Crippen molar-refractivity contribution in [3.63, 3.8) is 0 Å². The Morgan fingerprint density at radius 3 is 1.38 bits per heavy atom. The summed E-state index contributed by atoms with van der Waals surface area (Å²) >= 11 is 9.57.